The van der Waals surface area contributed by atoms with Crippen molar-refractivity contribution >= 4 is 58.4 Å². The van der Waals surface area contributed by atoms with Crippen molar-refractivity contribution in [2.24, 2.45) is 0 Å². The van der Waals surface area contributed by atoms with Crippen LogP contribution < -0.4 is 10.6 Å². The van der Waals surface area contributed by atoms with E-state index in [-0.39, 0.29) is 34.6 Å². The molecule has 4 N–H and O–H groups in total. The van der Waals surface area contributed by atoms with E-state index in [1.807, 2.05) is 18.2 Å². The number of halogens is 2. The molecule has 8 nitrogen and oxygen atoms in total. The van der Waals surface area contributed by atoms with Crippen molar-refractivity contribution in [3.05, 3.63) is 95.7 Å². The zero-order valence-corrected chi connectivity index (χ0v) is 26.0. The van der Waals surface area contributed by atoms with E-state index in [0.717, 1.165) is 31.2 Å². The average Bonchev–Trinajstić information content (AvgIpc) is 3.45. The lowest BCUT2D eigenvalue weighted by Gasteiger charge is -2.30. The molecule has 43 heavy (non-hydrogen) atoms. The van der Waals surface area contributed by atoms with E-state index < -0.39 is 24.1 Å². The summed E-state index contributed by atoms with van der Waals surface area (Å²) in [5.74, 6) is -2.09. The van der Waals surface area contributed by atoms with Gasteiger partial charge in [0.05, 0.1) is 15.6 Å². The van der Waals surface area contributed by atoms with Gasteiger partial charge in [0.25, 0.3) is 11.8 Å². The maximum atomic E-state index is 13.5. The normalized spacial score (nSPS) is 15.9. The van der Waals surface area contributed by atoms with Crippen LogP contribution in [0.25, 0.3) is 6.08 Å². The Kier molecular flexibility index (Phi) is 9.88. The van der Waals surface area contributed by atoms with E-state index >= 15 is 0 Å². The quantitative estimate of drug-likeness (QED) is 0.218. The van der Waals surface area contributed by atoms with Crippen LogP contribution in [0.5, 0.6) is 0 Å². The van der Waals surface area contributed by atoms with E-state index in [2.05, 4.69) is 23.6 Å². The second kappa shape index (κ2) is 13.6. The predicted octanol–water partition coefficient (Wildman–Crippen LogP) is 5.85. The van der Waals surface area contributed by atoms with Gasteiger partial charge in [-0.3, -0.25) is 14.9 Å². The van der Waals surface area contributed by atoms with Crippen molar-refractivity contribution in [1.82, 2.24) is 15.5 Å². The number of carbonyl (C=O) groups excluding carboxylic acids is 2. The Bertz CT molecular complexity index is 1570. The fraction of sp³-hybridized carbons (Fsp3) is 0.344. The molecule has 3 aromatic rings. The second-order valence-corrected chi connectivity index (χ2v) is 12.5. The monoisotopic (exact) mass is 641 g/mol. The number of allylic oxidation sites excluding steroid dienone is 1. The molecule has 2 amide bonds. The summed E-state index contributed by atoms with van der Waals surface area (Å²) < 4.78 is 0. The van der Waals surface area contributed by atoms with E-state index in [1.54, 1.807) is 28.5 Å². The van der Waals surface area contributed by atoms with E-state index in [4.69, 9.17) is 23.2 Å². The zero-order valence-electron chi connectivity index (χ0n) is 23.7. The van der Waals surface area contributed by atoms with Crippen molar-refractivity contribution in [3.8, 4) is 0 Å². The Hall–Kier alpha value is -3.21. The van der Waals surface area contributed by atoms with E-state index in [9.17, 15) is 24.6 Å². The van der Waals surface area contributed by atoms with Crippen molar-refractivity contribution in [2.45, 2.75) is 57.8 Å². The molecule has 5 rings (SSSR count). The summed E-state index contributed by atoms with van der Waals surface area (Å²) in [5, 5.41) is 27.1. The van der Waals surface area contributed by atoms with Crippen LogP contribution in [0.2, 0.25) is 10.0 Å². The van der Waals surface area contributed by atoms with Crippen molar-refractivity contribution in [2.75, 3.05) is 13.1 Å². The minimum Gasteiger partial charge on any atom is -0.480 e. The molecular formula is C32H33Cl2N3O5S. The summed E-state index contributed by atoms with van der Waals surface area (Å²) in [7, 11) is 0. The van der Waals surface area contributed by atoms with Crippen molar-refractivity contribution < 1.29 is 24.6 Å². The molecule has 2 aromatic carbocycles. The smallest absolute Gasteiger partial charge is 0.327 e. The van der Waals surface area contributed by atoms with Crippen LogP contribution in [0, 0.1) is 0 Å². The molecule has 0 saturated carbocycles. The first kappa shape index (κ1) is 31.2. The average molecular weight is 643 g/mol. The molecule has 0 radical (unpaired) electrons. The van der Waals surface area contributed by atoms with Crippen LogP contribution in [-0.4, -0.2) is 52.0 Å². The minimum absolute atomic E-state index is 0.0165. The molecule has 1 aromatic heterocycles. The number of nitrogens with zero attached hydrogens (tertiary/aromatic N) is 1. The number of carboxylic acids is 1. The minimum atomic E-state index is -1.34. The van der Waals surface area contributed by atoms with E-state index in [0.29, 0.717) is 29.0 Å². The van der Waals surface area contributed by atoms with Gasteiger partial charge in [-0.25, -0.2) is 4.79 Å². The molecule has 0 bridgehead atoms. The van der Waals surface area contributed by atoms with Gasteiger partial charge < -0.3 is 20.4 Å². The number of rotatable bonds is 9. The lowest BCUT2D eigenvalue weighted by Crippen LogP contribution is -2.48. The number of thiophene rings is 1. The second-order valence-electron chi connectivity index (χ2n) is 10.8. The van der Waals surface area contributed by atoms with Crippen molar-refractivity contribution in [3.63, 3.8) is 0 Å². The van der Waals surface area contributed by atoms with Gasteiger partial charge in [0.15, 0.2) is 0 Å². The number of aryl methyl sites for hydroxylation is 1. The molecule has 1 unspecified atom stereocenters. The molecular weight excluding hydrogens is 609 g/mol. The highest BCUT2D eigenvalue weighted by Gasteiger charge is 2.30. The molecule has 0 fully saturated rings. The first-order valence-electron chi connectivity index (χ1n) is 14.3. The van der Waals surface area contributed by atoms with Gasteiger partial charge in [-0.15, -0.1) is 11.3 Å². The number of aliphatic hydroxyl groups excluding tert-OH is 1. The number of aliphatic carboxylic acids is 1. The SMILES string of the molecule is CCC1=Cc2ccc(C(=O)N3CCc4c(cc(Cl)c(C(=O)N[C@@H](CNC(O)c5cccs5)C(=O)O)c4Cl)C3)cc2CCC1. The molecule has 2 heterocycles. The molecule has 0 spiro atoms. The Labute approximate surface area is 264 Å². The lowest BCUT2D eigenvalue weighted by molar-refractivity contribution is -0.139. The fourth-order valence-electron chi connectivity index (χ4n) is 5.60. The van der Waals surface area contributed by atoms with Crippen LogP contribution in [-0.2, 0) is 24.2 Å². The topological polar surface area (TPSA) is 119 Å². The third-order valence-corrected chi connectivity index (χ3v) is 9.64. The van der Waals surface area contributed by atoms with Crippen LogP contribution in [0.4, 0.5) is 0 Å². The maximum Gasteiger partial charge on any atom is 0.327 e. The van der Waals surface area contributed by atoms with Crippen molar-refractivity contribution in [1.29, 1.82) is 0 Å². The Balaban J connectivity index is 1.29. The summed E-state index contributed by atoms with van der Waals surface area (Å²) in [6.07, 6.45) is 5.69. The van der Waals surface area contributed by atoms with Gasteiger partial charge in [0.1, 0.15) is 12.3 Å². The fourth-order valence-corrected chi connectivity index (χ4v) is 7.04. The van der Waals surface area contributed by atoms with Gasteiger partial charge in [-0.2, -0.15) is 0 Å². The Morgan fingerprint density at radius 1 is 1.09 bits per heavy atom. The van der Waals surface area contributed by atoms with Crippen LogP contribution in [0.15, 0.2) is 47.4 Å². The highest BCUT2D eigenvalue weighted by Crippen LogP contribution is 2.35. The third kappa shape index (κ3) is 6.97. The standard InChI is InChI=1S/C32H33Cl2N3O5S/c1-2-18-5-3-6-19-14-21(9-8-20(19)13-18)31(40)37-11-10-23-22(17-37)15-24(33)27(28(23)34)30(39)36-25(32(41)42)16-35-29(38)26-7-4-12-43-26/h4,7-9,12-15,25,29,35,38H,2-3,5-6,10-11,16-17H2,1H3,(H,36,39)(H,41,42)/t25-,29?/m0/s1. The number of carbonyl (C=O) groups is 3. The van der Waals surface area contributed by atoms with Crippen LogP contribution in [0.1, 0.15) is 80.3 Å². The molecule has 226 valence electrons. The summed E-state index contributed by atoms with van der Waals surface area (Å²) in [6.45, 7) is 2.64. The molecule has 0 saturated heterocycles. The maximum absolute atomic E-state index is 13.5. The number of nitrogens with one attached hydrogen (secondary N) is 2. The summed E-state index contributed by atoms with van der Waals surface area (Å²) in [4.78, 5) is 41.0. The number of hydrogen-bond acceptors (Lipinski definition) is 6. The number of carboxylic acid groups (broad SMARTS) is 1. The van der Waals surface area contributed by atoms with Crippen LogP contribution >= 0.6 is 34.5 Å². The van der Waals surface area contributed by atoms with Gasteiger partial charge >= 0.3 is 5.97 Å². The first-order chi connectivity index (χ1) is 20.7. The zero-order chi connectivity index (χ0) is 30.7. The predicted molar refractivity (Wildman–Crippen MR) is 169 cm³/mol. The molecule has 1 aliphatic heterocycles. The third-order valence-electron chi connectivity index (χ3n) is 8.00. The number of amides is 2. The Morgan fingerprint density at radius 2 is 1.91 bits per heavy atom. The number of aliphatic hydroxyl groups is 1. The van der Waals surface area contributed by atoms with Crippen LogP contribution in [0.3, 0.4) is 0 Å². The van der Waals surface area contributed by atoms with E-state index in [1.165, 1.54) is 28.0 Å². The van der Waals surface area contributed by atoms with Gasteiger partial charge in [-0.05, 0) is 84.0 Å². The number of benzene rings is 2. The molecule has 11 heteroatoms. The summed E-state index contributed by atoms with van der Waals surface area (Å²) in [6, 6.07) is 9.68. The highest BCUT2D eigenvalue weighted by molar-refractivity contribution is 7.10. The number of fused-ring (bicyclic) bond motifs is 2. The molecule has 2 atom stereocenters. The number of hydrogen-bond donors (Lipinski definition) is 4. The lowest BCUT2D eigenvalue weighted by atomic mass is 9.95. The molecule has 1 aliphatic carbocycles. The highest BCUT2D eigenvalue weighted by atomic mass is 35.5. The van der Waals surface area contributed by atoms with Gasteiger partial charge in [0, 0.05) is 30.1 Å². The summed E-state index contributed by atoms with van der Waals surface area (Å²) in [5.41, 5.74) is 5.86. The van der Waals surface area contributed by atoms with Gasteiger partial charge in [0.2, 0.25) is 0 Å². The Morgan fingerprint density at radius 3 is 2.63 bits per heavy atom. The van der Waals surface area contributed by atoms with Gasteiger partial charge in [-0.1, -0.05) is 53.9 Å². The largest absolute Gasteiger partial charge is 0.480 e. The summed E-state index contributed by atoms with van der Waals surface area (Å²) >= 11 is 14.5. The first-order valence-corrected chi connectivity index (χ1v) is 15.9. The molecule has 2 aliphatic rings.